The molecule has 1 aromatic rings. The van der Waals surface area contributed by atoms with Crippen molar-refractivity contribution >= 4 is 5.91 Å². The molecule has 1 rings (SSSR count). The number of hydrogen-bond donors (Lipinski definition) is 2. The van der Waals surface area contributed by atoms with Crippen LogP contribution >= 0.6 is 0 Å². The molecule has 5 heteroatoms. The summed E-state index contributed by atoms with van der Waals surface area (Å²) in [5.41, 5.74) is 5.65. The van der Waals surface area contributed by atoms with Crippen molar-refractivity contribution < 1.29 is 9.21 Å². The lowest BCUT2D eigenvalue weighted by atomic mass is 9.84. The van der Waals surface area contributed by atoms with Crippen LogP contribution < -0.4 is 11.1 Å². The van der Waals surface area contributed by atoms with Gasteiger partial charge in [0.05, 0.1) is 12.7 Å². The molecular formula is C13H23N3O2. The van der Waals surface area contributed by atoms with E-state index in [0.717, 1.165) is 18.6 Å². The van der Waals surface area contributed by atoms with E-state index >= 15 is 0 Å². The summed E-state index contributed by atoms with van der Waals surface area (Å²) in [4.78, 5) is 15.7. The molecule has 1 heterocycles. The molecule has 0 aromatic carbocycles. The quantitative estimate of drug-likeness (QED) is 0.775. The van der Waals surface area contributed by atoms with Crippen molar-refractivity contribution in [3.8, 4) is 0 Å². The third-order valence-electron chi connectivity index (χ3n) is 2.96. The van der Waals surface area contributed by atoms with E-state index in [9.17, 15) is 4.79 Å². The molecule has 0 bridgehead atoms. The van der Waals surface area contributed by atoms with Crippen LogP contribution in [0.5, 0.6) is 0 Å². The van der Waals surface area contributed by atoms with Crippen molar-refractivity contribution in [2.75, 3.05) is 6.54 Å². The van der Waals surface area contributed by atoms with Gasteiger partial charge in [0.1, 0.15) is 5.76 Å². The predicted octanol–water partition coefficient (Wildman–Crippen LogP) is 1.75. The summed E-state index contributed by atoms with van der Waals surface area (Å²) in [6.07, 6.45) is 3.92. The average Bonchev–Trinajstić information content (AvgIpc) is 2.70. The number of nitrogens with zero attached hydrogens (tertiary/aromatic N) is 1. The zero-order valence-electron chi connectivity index (χ0n) is 11.5. The molecule has 0 aliphatic rings. The molecule has 0 spiro atoms. The largest absolute Gasteiger partial charge is 0.444 e. The van der Waals surface area contributed by atoms with Gasteiger partial charge in [0.15, 0.2) is 0 Å². The van der Waals surface area contributed by atoms with Gasteiger partial charge in [-0.2, -0.15) is 0 Å². The van der Waals surface area contributed by atoms with Crippen molar-refractivity contribution in [2.24, 2.45) is 11.1 Å². The molecule has 1 amide bonds. The smallest absolute Gasteiger partial charge is 0.220 e. The number of hydrogen-bond acceptors (Lipinski definition) is 4. The van der Waals surface area contributed by atoms with E-state index in [1.807, 2.05) is 6.92 Å². The SMILES string of the molecule is Cc1cnc(CNC(=O)CCC(C)(C)CCN)o1. The lowest BCUT2D eigenvalue weighted by Crippen LogP contribution is -2.25. The molecule has 5 nitrogen and oxygen atoms in total. The Morgan fingerprint density at radius 3 is 2.78 bits per heavy atom. The number of amides is 1. The van der Waals surface area contributed by atoms with Crippen molar-refractivity contribution in [3.63, 3.8) is 0 Å². The first-order valence-electron chi connectivity index (χ1n) is 6.31. The van der Waals surface area contributed by atoms with Crippen LogP contribution in [0.15, 0.2) is 10.6 Å². The average molecular weight is 253 g/mol. The second kappa shape index (κ2) is 6.54. The number of carbonyl (C=O) groups excluding carboxylic acids is 1. The van der Waals surface area contributed by atoms with Crippen molar-refractivity contribution in [1.82, 2.24) is 10.3 Å². The summed E-state index contributed by atoms with van der Waals surface area (Å²) in [5, 5.41) is 2.80. The van der Waals surface area contributed by atoms with Gasteiger partial charge in [-0.3, -0.25) is 4.79 Å². The normalized spacial score (nSPS) is 11.6. The topological polar surface area (TPSA) is 81.2 Å². The molecule has 3 N–H and O–H groups in total. The molecule has 0 fully saturated rings. The van der Waals surface area contributed by atoms with Gasteiger partial charge in [0.25, 0.3) is 0 Å². The summed E-state index contributed by atoms with van der Waals surface area (Å²) < 4.78 is 5.28. The molecular weight excluding hydrogens is 230 g/mol. The molecule has 0 aliphatic heterocycles. The van der Waals surface area contributed by atoms with E-state index in [1.165, 1.54) is 0 Å². The first kappa shape index (κ1) is 14.7. The lowest BCUT2D eigenvalue weighted by molar-refractivity contribution is -0.121. The maximum absolute atomic E-state index is 11.7. The monoisotopic (exact) mass is 253 g/mol. The van der Waals surface area contributed by atoms with Gasteiger partial charge in [0.2, 0.25) is 11.8 Å². The number of aryl methyl sites for hydroxylation is 1. The van der Waals surface area contributed by atoms with Gasteiger partial charge >= 0.3 is 0 Å². The Morgan fingerprint density at radius 1 is 1.50 bits per heavy atom. The van der Waals surface area contributed by atoms with Crippen molar-refractivity contribution in [3.05, 3.63) is 17.8 Å². The highest BCUT2D eigenvalue weighted by atomic mass is 16.4. The molecule has 18 heavy (non-hydrogen) atoms. The standard InChI is InChI=1S/C13H23N3O2/c1-10-8-16-12(18-10)9-15-11(17)4-5-13(2,3)6-7-14/h8H,4-7,9,14H2,1-3H3,(H,15,17). The minimum absolute atomic E-state index is 0.0240. The molecule has 0 aliphatic carbocycles. The Kier molecular flexibility index (Phi) is 5.34. The van der Waals surface area contributed by atoms with E-state index in [0.29, 0.717) is 25.4 Å². The summed E-state index contributed by atoms with van der Waals surface area (Å²) in [7, 11) is 0. The highest BCUT2D eigenvalue weighted by molar-refractivity contribution is 5.75. The van der Waals surface area contributed by atoms with E-state index in [2.05, 4.69) is 24.1 Å². The Balaban J connectivity index is 2.26. The van der Waals surface area contributed by atoms with Gasteiger partial charge < -0.3 is 15.5 Å². The maximum atomic E-state index is 11.7. The minimum Gasteiger partial charge on any atom is -0.444 e. The fourth-order valence-corrected chi connectivity index (χ4v) is 1.71. The van der Waals surface area contributed by atoms with Crippen LogP contribution in [0.25, 0.3) is 0 Å². The molecule has 0 saturated carbocycles. The van der Waals surface area contributed by atoms with Crippen LogP contribution in [0, 0.1) is 12.3 Å². The Morgan fingerprint density at radius 2 is 2.22 bits per heavy atom. The lowest BCUT2D eigenvalue weighted by Gasteiger charge is -2.23. The van der Waals surface area contributed by atoms with Crippen LogP contribution in [0.1, 0.15) is 44.8 Å². The van der Waals surface area contributed by atoms with E-state index in [4.69, 9.17) is 10.2 Å². The van der Waals surface area contributed by atoms with E-state index in [-0.39, 0.29) is 11.3 Å². The molecule has 1 aromatic heterocycles. The number of oxazole rings is 1. The second-order valence-corrected chi connectivity index (χ2v) is 5.34. The highest BCUT2D eigenvalue weighted by Gasteiger charge is 2.18. The first-order valence-corrected chi connectivity index (χ1v) is 6.31. The molecule has 0 radical (unpaired) electrons. The zero-order valence-corrected chi connectivity index (χ0v) is 11.5. The third kappa shape index (κ3) is 5.31. The number of nitrogens with two attached hydrogens (primary N) is 1. The van der Waals surface area contributed by atoms with Crippen LogP contribution in [0.4, 0.5) is 0 Å². The summed E-state index contributed by atoms with van der Waals surface area (Å²) in [6, 6.07) is 0. The number of aromatic nitrogens is 1. The Labute approximate surface area is 108 Å². The third-order valence-corrected chi connectivity index (χ3v) is 2.96. The zero-order chi connectivity index (χ0) is 13.6. The van der Waals surface area contributed by atoms with E-state index in [1.54, 1.807) is 6.20 Å². The molecule has 102 valence electrons. The summed E-state index contributed by atoms with van der Waals surface area (Å²) in [5.74, 6) is 1.32. The second-order valence-electron chi connectivity index (χ2n) is 5.34. The number of nitrogens with one attached hydrogen (secondary N) is 1. The fourth-order valence-electron chi connectivity index (χ4n) is 1.71. The Bertz CT molecular complexity index is 385. The van der Waals surface area contributed by atoms with Crippen LogP contribution in [0.3, 0.4) is 0 Å². The van der Waals surface area contributed by atoms with Gasteiger partial charge in [-0.15, -0.1) is 0 Å². The van der Waals surface area contributed by atoms with Gasteiger partial charge in [0, 0.05) is 6.42 Å². The van der Waals surface area contributed by atoms with Crippen molar-refractivity contribution in [2.45, 2.75) is 46.6 Å². The maximum Gasteiger partial charge on any atom is 0.220 e. The minimum atomic E-state index is 0.0240. The first-order chi connectivity index (χ1) is 8.43. The summed E-state index contributed by atoms with van der Waals surface area (Å²) >= 11 is 0. The van der Waals surface area contributed by atoms with E-state index < -0.39 is 0 Å². The predicted molar refractivity (Wildman–Crippen MR) is 69.8 cm³/mol. The van der Waals surface area contributed by atoms with Gasteiger partial charge in [-0.1, -0.05) is 13.8 Å². The van der Waals surface area contributed by atoms with Gasteiger partial charge in [-0.25, -0.2) is 4.98 Å². The van der Waals surface area contributed by atoms with Crippen molar-refractivity contribution in [1.29, 1.82) is 0 Å². The fraction of sp³-hybridized carbons (Fsp3) is 0.692. The van der Waals surface area contributed by atoms with Gasteiger partial charge in [-0.05, 0) is 31.7 Å². The highest BCUT2D eigenvalue weighted by Crippen LogP contribution is 2.25. The molecule has 0 unspecified atom stereocenters. The molecule has 0 atom stereocenters. The Hall–Kier alpha value is -1.36. The van der Waals surface area contributed by atoms with Crippen LogP contribution in [0.2, 0.25) is 0 Å². The number of carbonyl (C=O) groups is 1. The van der Waals surface area contributed by atoms with Crippen LogP contribution in [-0.2, 0) is 11.3 Å². The van der Waals surface area contributed by atoms with Crippen LogP contribution in [-0.4, -0.2) is 17.4 Å². The molecule has 0 saturated heterocycles. The summed E-state index contributed by atoms with van der Waals surface area (Å²) in [6.45, 7) is 7.09. The number of rotatable bonds is 7.